The second-order valence-corrected chi connectivity index (χ2v) is 23.4. The van der Waals surface area contributed by atoms with Gasteiger partial charge in [0.1, 0.15) is 12.3 Å². The number of nitrogens with zero attached hydrogens (tertiary/aromatic N) is 4. The first-order chi connectivity index (χ1) is 29.4. The number of benzene rings is 4. The third kappa shape index (κ3) is 8.37. The van der Waals surface area contributed by atoms with Crippen molar-refractivity contribution in [3.05, 3.63) is 142 Å². The number of hydrogen-bond donors (Lipinski definition) is 0. The van der Waals surface area contributed by atoms with Crippen LogP contribution in [0, 0.1) is 0 Å². The van der Waals surface area contributed by atoms with E-state index >= 15 is 0 Å². The average Bonchev–Trinajstić information content (AvgIpc) is 3.83. The van der Waals surface area contributed by atoms with Gasteiger partial charge in [-0.1, -0.05) is 200 Å². The molecule has 0 fully saturated rings. The van der Waals surface area contributed by atoms with Crippen LogP contribution >= 0.6 is 16.4 Å². The number of hydrogen-bond acceptors (Lipinski definition) is 4. The average molecular weight is 865 g/mol. The van der Waals surface area contributed by atoms with Crippen LogP contribution in [-0.4, -0.2) is 22.4 Å². The van der Waals surface area contributed by atoms with Crippen LogP contribution in [0.3, 0.4) is 0 Å². The van der Waals surface area contributed by atoms with Crippen LogP contribution in [0.1, 0.15) is 203 Å². The highest BCUT2D eigenvalue weighted by atomic mass is 31.1. The first-order valence-electron chi connectivity index (χ1n) is 23.6. The van der Waals surface area contributed by atoms with Gasteiger partial charge in [0.05, 0.1) is 10.1 Å². The van der Waals surface area contributed by atoms with Gasteiger partial charge >= 0.3 is 0 Å². The number of para-hydroxylation sites is 4. The Bertz CT molecular complexity index is 1970. The Balaban J connectivity index is 1.45. The van der Waals surface area contributed by atoms with E-state index in [2.05, 4.69) is 228 Å². The van der Waals surface area contributed by atoms with Crippen LogP contribution in [0.2, 0.25) is 0 Å². The molecule has 0 saturated carbocycles. The minimum atomic E-state index is 0.0384. The Labute approximate surface area is 379 Å². The molecule has 3 heterocycles. The van der Waals surface area contributed by atoms with E-state index < -0.39 is 0 Å². The molecule has 0 aromatic heterocycles. The third-order valence-corrected chi connectivity index (χ3v) is 16.2. The molecule has 62 heavy (non-hydrogen) atoms. The number of anilines is 4. The Morgan fingerprint density at radius 2 is 0.452 bits per heavy atom. The summed E-state index contributed by atoms with van der Waals surface area (Å²) in [5.74, 6) is 3.14. The lowest BCUT2D eigenvalue weighted by atomic mass is 9.91. The van der Waals surface area contributed by atoms with E-state index in [-0.39, 0.29) is 12.3 Å². The lowest BCUT2D eigenvalue weighted by Crippen LogP contribution is -2.49. The van der Waals surface area contributed by atoms with Crippen LogP contribution in [0.4, 0.5) is 22.7 Å². The minimum absolute atomic E-state index is 0.0384. The summed E-state index contributed by atoms with van der Waals surface area (Å²) in [6.45, 7) is 37.7. The van der Waals surface area contributed by atoms with Gasteiger partial charge in [-0.05, 0) is 91.9 Å². The van der Waals surface area contributed by atoms with Crippen LogP contribution in [0.5, 0.6) is 0 Å². The summed E-state index contributed by atoms with van der Waals surface area (Å²) < 4.78 is 0. The van der Waals surface area contributed by atoms with E-state index in [4.69, 9.17) is 0 Å². The van der Waals surface area contributed by atoms with Crippen LogP contribution in [0.15, 0.2) is 97.6 Å². The summed E-state index contributed by atoms with van der Waals surface area (Å²) in [4.78, 5) is 10.7. The summed E-state index contributed by atoms with van der Waals surface area (Å²) in [6.07, 6.45) is 9.71. The quantitative estimate of drug-likeness (QED) is 0.117. The van der Waals surface area contributed by atoms with Crippen molar-refractivity contribution in [2.75, 3.05) is 19.6 Å². The minimum Gasteiger partial charge on any atom is -0.320 e. The zero-order chi connectivity index (χ0) is 44.9. The van der Waals surface area contributed by atoms with E-state index in [1.54, 1.807) is 0 Å². The fourth-order valence-electron chi connectivity index (χ4n) is 9.88. The maximum absolute atomic E-state index is 2.66. The molecular formula is C56H74N4P2. The van der Waals surface area contributed by atoms with Crippen molar-refractivity contribution in [1.82, 2.24) is 0 Å². The Morgan fingerprint density at radius 1 is 0.290 bits per heavy atom. The fraction of sp³-hybridized carbons (Fsp3) is 0.464. The summed E-state index contributed by atoms with van der Waals surface area (Å²) in [7, 11) is 2.65. The lowest BCUT2D eigenvalue weighted by molar-refractivity contribution is 0.777. The molecule has 0 bridgehead atoms. The second kappa shape index (κ2) is 18.6. The van der Waals surface area contributed by atoms with Gasteiger partial charge in [0.25, 0.3) is 0 Å². The predicted octanol–water partition coefficient (Wildman–Crippen LogP) is 16.8. The molecule has 7 rings (SSSR count). The topological polar surface area (TPSA) is 13.0 Å². The molecule has 328 valence electrons. The SMILES string of the molecule is CC(C)c1cccc(C(C)C)c1N1C=CN(c2c(C(C)C)cccc2C(C)C)C1C1=PC(C2N(c3c(C(C)C)cccc3C(C)C)C=CN2c2c(C(C)C)cccc2C(C)C)=P1. The summed E-state index contributed by atoms with van der Waals surface area (Å²) in [5.41, 5.74) is 16.9. The predicted molar refractivity (Wildman–Crippen MR) is 278 cm³/mol. The van der Waals surface area contributed by atoms with E-state index in [1.165, 1.54) is 93.7 Å². The van der Waals surface area contributed by atoms with Crippen molar-refractivity contribution in [1.29, 1.82) is 0 Å². The van der Waals surface area contributed by atoms with Crippen molar-refractivity contribution < 1.29 is 0 Å². The molecule has 3 aliphatic heterocycles. The monoisotopic (exact) mass is 865 g/mol. The molecule has 0 unspecified atom stereocenters. The molecule has 0 atom stereocenters. The van der Waals surface area contributed by atoms with Gasteiger partial charge in [-0.2, -0.15) is 0 Å². The van der Waals surface area contributed by atoms with Gasteiger partial charge < -0.3 is 19.6 Å². The maximum atomic E-state index is 2.66. The van der Waals surface area contributed by atoms with Crippen LogP contribution in [-0.2, 0) is 0 Å². The highest BCUT2D eigenvalue weighted by molar-refractivity contribution is 7.98. The van der Waals surface area contributed by atoms with E-state index in [1.807, 2.05) is 0 Å². The molecule has 6 heteroatoms. The Hall–Kier alpha value is -4.10. The van der Waals surface area contributed by atoms with E-state index in [0.717, 1.165) is 0 Å². The van der Waals surface area contributed by atoms with Gasteiger partial charge in [-0.15, -0.1) is 0 Å². The molecule has 0 saturated heterocycles. The molecular weight excluding hydrogens is 791 g/mol. The van der Waals surface area contributed by atoms with E-state index in [0.29, 0.717) is 47.3 Å². The first kappa shape index (κ1) is 45.9. The van der Waals surface area contributed by atoms with Crippen molar-refractivity contribution >= 4 is 49.2 Å². The standard InChI is InChI=1S/C56H74N4P2/c1-33(2)41-21-17-22-42(34(3)4)49(41)57-29-30-58(50-43(35(5)6)23-18-24-44(50)36(7)8)53(57)55-61-56(62-55)54-59(51-45(37(9)10)25-19-26-46(51)38(11)12)31-32-60(54)52-47(39(13)14)27-20-28-48(52)40(15)16/h17-40,53-54H,1-16H3. The van der Waals surface area contributed by atoms with Crippen molar-refractivity contribution in [2.45, 2.75) is 170 Å². The van der Waals surface area contributed by atoms with Crippen LogP contribution in [0.25, 0.3) is 0 Å². The van der Waals surface area contributed by atoms with Gasteiger partial charge in [-0.3, -0.25) is 0 Å². The molecule has 0 radical (unpaired) electrons. The summed E-state index contributed by atoms with van der Waals surface area (Å²) >= 11 is 0. The molecule has 3 aliphatic rings. The molecule has 4 aromatic carbocycles. The number of rotatable bonds is 14. The second-order valence-electron chi connectivity index (χ2n) is 20.3. The zero-order valence-electron chi connectivity index (χ0n) is 40.7. The van der Waals surface area contributed by atoms with Crippen molar-refractivity contribution in [3.63, 3.8) is 0 Å². The zero-order valence-corrected chi connectivity index (χ0v) is 42.5. The van der Waals surface area contributed by atoms with Crippen LogP contribution < -0.4 is 19.6 Å². The fourth-order valence-corrected chi connectivity index (χ4v) is 12.8. The van der Waals surface area contributed by atoms with Gasteiger partial charge in [0, 0.05) is 47.5 Å². The molecule has 0 N–H and O–H groups in total. The third-order valence-electron chi connectivity index (χ3n) is 13.2. The molecule has 0 amide bonds. The Morgan fingerprint density at radius 3 is 0.597 bits per heavy atom. The molecule has 0 spiro atoms. The van der Waals surface area contributed by atoms with Gasteiger partial charge in [0.15, 0.2) is 0 Å². The highest BCUT2D eigenvalue weighted by Gasteiger charge is 2.43. The summed E-state index contributed by atoms with van der Waals surface area (Å²) in [6, 6.07) is 28.1. The van der Waals surface area contributed by atoms with E-state index in [9.17, 15) is 0 Å². The van der Waals surface area contributed by atoms with Gasteiger partial charge in [-0.25, -0.2) is 0 Å². The van der Waals surface area contributed by atoms with Crippen molar-refractivity contribution in [3.8, 4) is 0 Å². The smallest absolute Gasteiger partial charge is 0.145 e. The molecule has 4 nitrogen and oxygen atoms in total. The van der Waals surface area contributed by atoms with Crippen molar-refractivity contribution in [2.24, 2.45) is 0 Å². The highest BCUT2D eigenvalue weighted by Crippen LogP contribution is 2.51. The summed E-state index contributed by atoms with van der Waals surface area (Å²) in [5, 5.41) is 3.06. The lowest BCUT2D eigenvalue weighted by Gasteiger charge is -2.42. The molecule has 4 aromatic rings. The largest absolute Gasteiger partial charge is 0.320 e. The first-order valence-corrected chi connectivity index (χ1v) is 25.4. The normalized spacial score (nSPS) is 16.6. The molecule has 0 aliphatic carbocycles. The van der Waals surface area contributed by atoms with Gasteiger partial charge in [0.2, 0.25) is 0 Å². The maximum Gasteiger partial charge on any atom is 0.145 e. The Kier molecular flexibility index (Phi) is 13.7.